The smallest absolute Gasteiger partial charge is 0.230 e. The number of hydrogen-bond acceptors (Lipinski definition) is 4. The lowest BCUT2D eigenvalue weighted by Gasteiger charge is -2.29. The summed E-state index contributed by atoms with van der Waals surface area (Å²) in [5.74, 6) is 0.264. The number of piperidine rings is 1. The lowest BCUT2D eigenvalue weighted by Crippen LogP contribution is -2.29. The van der Waals surface area contributed by atoms with E-state index in [1.165, 1.54) is 37.1 Å². The zero-order valence-electron chi connectivity index (χ0n) is 13.8. The number of nitrogens with two attached hydrogens (primary N) is 2. The van der Waals surface area contributed by atoms with Crippen LogP contribution in [0.1, 0.15) is 42.7 Å². The minimum atomic E-state index is -0.750. The molecule has 1 amide bonds. The van der Waals surface area contributed by atoms with Gasteiger partial charge in [0.1, 0.15) is 11.7 Å². The van der Waals surface area contributed by atoms with E-state index < -0.39 is 11.3 Å². The second kappa shape index (κ2) is 7.70. The standard InChI is InChI=1S/C13H20N2.C5H7NO2/c1-15-7-5-12(6-8-15)13-4-2-3-11(9-13)10-14;6-4(8)5(3-7)1-2-5/h2-4,9,12H,5-8,10,14H2,1H3;3H,1-2H2,(H2,6,8). The number of rotatable bonds is 4. The van der Waals surface area contributed by atoms with Gasteiger partial charge in [0.25, 0.3) is 0 Å². The van der Waals surface area contributed by atoms with Crippen LogP contribution in [0.2, 0.25) is 0 Å². The number of benzene rings is 1. The summed E-state index contributed by atoms with van der Waals surface area (Å²) in [5, 5.41) is 0. The molecule has 1 saturated carbocycles. The second-order valence-corrected chi connectivity index (χ2v) is 6.66. The Kier molecular flexibility index (Phi) is 5.91. The first-order chi connectivity index (χ1) is 11.0. The fraction of sp³-hybridized carbons (Fsp3) is 0.556. The van der Waals surface area contributed by atoms with E-state index in [0.717, 1.165) is 5.92 Å². The van der Waals surface area contributed by atoms with Crippen LogP contribution in [-0.4, -0.2) is 37.2 Å². The first-order valence-electron chi connectivity index (χ1n) is 8.24. The van der Waals surface area contributed by atoms with Crippen LogP contribution < -0.4 is 11.5 Å². The van der Waals surface area contributed by atoms with Gasteiger partial charge in [-0.05, 0) is 62.9 Å². The predicted octanol–water partition coefficient (Wildman–Crippen LogP) is 1.41. The zero-order valence-corrected chi connectivity index (χ0v) is 13.8. The van der Waals surface area contributed by atoms with E-state index in [9.17, 15) is 9.59 Å². The molecule has 0 bridgehead atoms. The Bertz CT molecular complexity index is 547. The van der Waals surface area contributed by atoms with Crippen molar-refractivity contribution in [2.45, 2.75) is 38.1 Å². The monoisotopic (exact) mass is 317 g/mol. The molecule has 1 saturated heterocycles. The fourth-order valence-corrected chi connectivity index (χ4v) is 2.87. The van der Waals surface area contributed by atoms with Crippen LogP contribution in [0.4, 0.5) is 0 Å². The zero-order chi connectivity index (χ0) is 16.9. The fourth-order valence-electron chi connectivity index (χ4n) is 2.87. The van der Waals surface area contributed by atoms with E-state index in [1.54, 1.807) is 0 Å². The van der Waals surface area contributed by atoms with Crippen LogP contribution in [0.15, 0.2) is 24.3 Å². The van der Waals surface area contributed by atoms with Crippen LogP contribution in [0.3, 0.4) is 0 Å². The van der Waals surface area contributed by atoms with Crippen LogP contribution >= 0.6 is 0 Å². The van der Waals surface area contributed by atoms with Crippen molar-refractivity contribution in [2.75, 3.05) is 20.1 Å². The summed E-state index contributed by atoms with van der Waals surface area (Å²) in [4.78, 5) is 22.7. The normalized spacial score (nSPS) is 20.3. The van der Waals surface area contributed by atoms with E-state index >= 15 is 0 Å². The number of aldehydes is 1. The van der Waals surface area contributed by atoms with Crippen LogP contribution in [0.25, 0.3) is 0 Å². The molecule has 0 aromatic heterocycles. The van der Waals surface area contributed by atoms with Crippen molar-refractivity contribution < 1.29 is 9.59 Å². The second-order valence-electron chi connectivity index (χ2n) is 6.66. The number of likely N-dealkylation sites (tertiary alicyclic amines) is 1. The molecule has 0 unspecified atom stereocenters. The van der Waals surface area contributed by atoms with Gasteiger partial charge in [0.05, 0.1) is 0 Å². The molecule has 3 rings (SSSR count). The summed E-state index contributed by atoms with van der Waals surface area (Å²) in [6.07, 6.45) is 4.50. The molecule has 0 spiro atoms. The molecule has 23 heavy (non-hydrogen) atoms. The van der Waals surface area contributed by atoms with Gasteiger partial charge < -0.3 is 21.2 Å². The molecule has 1 heterocycles. The van der Waals surface area contributed by atoms with Gasteiger partial charge >= 0.3 is 0 Å². The summed E-state index contributed by atoms with van der Waals surface area (Å²) in [6.45, 7) is 3.09. The van der Waals surface area contributed by atoms with Crippen LogP contribution in [-0.2, 0) is 16.1 Å². The summed E-state index contributed by atoms with van der Waals surface area (Å²) < 4.78 is 0. The molecule has 126 valence electrons. The topological polar surface area (TPSA) is 89.4 Å². The van der Waals surface area contributed by atoms with Crippen molar-refractivity contribution in [2.24, 2.45) is 16.9 Å². The lowest BCUT2D eigenvalue weighted by atomic mass is 9.89. The highest BCUT2D eigenvalue weighted by molar-refractivity contribution is 5.98. The first-order valence-corrected chi connectivity index (χ1v) is 8.24. The van der Waals surface area contributed by atoms with E-state index in [2.05, 4.69) is 36.2 Å². The molecule has 2 fully saturated rings. The molecular weight excluding hydrogens is 290 g/mol. The third kappa shape index (κ3) is 4.62. The molecule has 1 aliphatic carbocycles. The minimum absolute atomic E-state index is 0.479. The van der Waals surface area contributed by atoms with Gasteiger partial charge in [-0.25, -0.2) is 0 Å². The van der Waals surface area contributed by atoms with E-state index in [-0.39, 0.29) is 0 Å². The maximum absolute atomic E-state index is 10.3. The van der Waals surface area contributed by atoms with Crippen molar-refractivity contribution in [3.63, 3.8) is 0 Å². The van der Waals surface area contributed by atoms with Gasteiger partial charge in [0.15, 0.2) is 0 Å². The predicted molar refractivity (Wildman–Crippen MR) is 90.7 cm³/mol. The van der Waals surface area contributed by atoms with Gasteiger partial charge in [0, 0.05) is 6.54 Å². The highest BCUT2D eigenvalue weighted by atomic mass is 16.2. The van der Waals surface area contributed by atoms with E-state index in [4.69, 9.17) is 11.5 Å². The van der Waals surface area contributed by atoms with Gasteiger partial charge in [-0.2, -0.15) is 0 Å². The summed E-state index contributed by atoms with van der Waals surface area (Å²) in [7, 11) is 2.20. The van der Waals surface area contributed by atoms with Crippen molar-refractivity contribution in [1.82, 2.24) is 4.90 Å². The SMILES string of the molecule is CN1CCC(c2cccc(CN)c2)CC1.NC(=O)C1(C=O)CC1. The largest absolute Gasteiger partial charge is 0.369 e. The molecule has 5 nitrogen and oxygen atoms in total. The third-order valence-electron chi connectivity index (χ3n) is 4.88. The molecule has 4 N–H and O–H groups in total. The van der Waals surface area contributed by atoms with Gasteiger partial charge in [-0.3, -0.25) is 4.79 Å². The third-order valence-corrected chi connectivity index (χ3v) is 4.88. The van der Waals surface area contributed by atoms with Crippen LogP contribution in [0.5, 0.6) is 0 Å². The summed E-state index contributed by atoms with van der Waals surface area (Å²) in [6, 6.07) is 8.76. The Morgan fingerprint density at radius 2 is 2.00 bits per heavy atom. The maximum atomic E-state index is 10.3. The Labute approximate surface area is 138 Å². The number of nitrogens with zero attached hydrogens (tertiary/aromatic N) is 1. The van der Waals surface area contributed by atoms with Crippen LogP contribution in [0, 0.1) is 5.41 Å². The molecular formula is C18H27N3O2. The summed E-state index contributed by atoms with van der Waals surface area (Å²) >= 11 is 0. The Morgan fingerprint density at radius 3 is 2.43 bits per heavy atom. The van der Waals surface area contributed by atoms with Crippen molar-refractivity contribution >= 4 is 12.2 Å². The first kappa shape index (κ1) is 17.6. The van der Waals surface area contributed by atoms with E-state index in [0.29, 0.717) is 25.7 Å². The Morgan fingerprint density at radius 1 is 1.35 bits per heavy atom. The Hall–Kier alpha value is -1.72. The number of carbonyl (C=O) groups is 2. The molecule has 5 heteroatoms. The highest BCUT2D eigenvalue weighted by Gasteiger charge is 2.48. The highest BCUT2D eigenvalue weighted by Crippen LogP contribution is 2.42. The number of hydrogen-bond donors (Lipinski definition) is 2. The average molecular weight is 317 g/mol. The molecule has 1 aromatic carbocycles. The van der Waals surface area contributed by atoms with E-state index in [1.807, 2.05) is 0 Å². The number of amides is 1. The molecule has 0 radical (unpaired) electrons. The molecule has 0 atom stereocenters. The van der Waals surface area contributed by atoms with Gasteiger partial charge in [-0.15, -0.1) is 0 Å². The van der Waals surface area contributed by atoms with Gasteiger partial charge in [-0.1, -0.05) is 24.3 Å². The van der Waals surface area contributed by atoms with Crippen molar-refractivity contribution in [3.8, 4) is 0 Å². The Balaban J connectivity index is 0.000000203. The minimum Gasteiger partial charge on any atom is -0.369 e. The average Bonchev–Trinajstić information content (AvgIpc) is 3.37. The molecule has 1 aromatic rings. The number of carbonyl (C=O) groups excluding carboxylic acids is 2. The number of primary amides is 1. The molecule has 2 aliphatic rings. The quantitative estimate of drug-likeness (QED) is 0.649. The van der Waals surface area contributed by atoms with Crippen molar-refractivity contribution in [3.05, 3.63) is 35.4 Å². The van der Waals surface area contributed by atoms with Gasteiger partial charge in [0.2, 0.25) is 5.91 Å². The summed E-state index contributed by atoms with van der Waals surface area (Å²) in [5.41, 5.74) is 12.5. The lowest BCUT2D eigenvalue weighted by molar-refractivity contribution is -0.128. The molecule has 1 aliphatic heterocycles. The van der Waals surface area contributed by atoms with Crippen molar-refractivity contribution in [1.29, 1.82) is 0 Å². The maximum Gasteiger partial charge on any atom is 0.230 e.